The third-order valence-electron chi connectivity index (χ3n) is 1.67. The average molecular weight is 220 g/mol. The van der Waals surface area contributed by atoms with Crippen molar-refractivity contribution < 1.29 is 22.6 Å². The molecule has 0 amide bonds. The highest BCUT2D eigenvalue weighted by Gasteiger charge is 2.27. The van der Waals surface area contributed by atoms with E-state index in [-0.39, 0.29) is 6.61 Å². The lowest BCUT2D eigenvalue weighted by molar-refractivity contribution is -0.176. The topological polar surface area (TPSA) is 18.5 Å². The maximum atomic E-state index is 11.8. The molecule has 84 valence electrons. The molecule has 0 aliphatic carbocycles. The number of hydrogen-bond donors (Lipinski definition) is 0. The largest absolute Gasteiger partial charge is 0.497 e. The van der Waals surface area contributed by atoms with Gasteiger partial charge >= 0.3 is 6.18 Å². The lowest BCUT2D eigenvalue weighted by Gasteiger charge is -2.08. The lowest BCUT2D eigenvalue weighted by Crippen LogP contribution is -2.16. The van der Waals surface area contributed by atoms with Crippen molar-refractivity contribution in [2.75, 3.05) is 13.7 Å². The molecule has 0 bridgehead atoms. The minimum Gasteiger partial charge on any atom is -0.497 e. The summed E-state index contributed by atoms with van der Waals surface area (Å²) in [5.41, 5.74) is 0.651. The molecule has 1 rings (SSSR count). The second-order valence-electron chi connectivity index (χ2n) is 2.96. The first-order valence-electron chi connectivity index (χ1n) is 4.29. The zero-order valence-corrected chi connectivity index (χ0v) is 8.17. The monoisotopic (exact) mass is 220 g/mol. The van der Waals surface area contributed by atoms with Gasteiger partial charge in [0, 0.05) is 0 Å². The zero-order valence-electron chi connectivity index (χ0n) is 8.17. The first-order valence-corrected chi connectivity index (χ1v) is 4.29. The van der Waals surface area contributed by atoms with Crippen LogP contribution in [-0.2, 0) is 11.3 Å². The highest BCUT2D eigenvalue weighted by molar-refractivity contribution is 5.27. The van der Waals surface area contributed by atoms with E-state index in [1.807, 2.05) is 0 Å². The van der Waals surface area contributed by atoms with Crippen LogP contribution in [0.4, 0.5) is 13.2 Å². The molecule has 2 nitrogen and oxygen atoms in total. The maximum absolute atomic E-state index is 11.8. The molecule has 1 aromatic rings. The summed E-state index contributed by atoms with van der Waals surface area (Å²) in [6.45, 7) is -1.30. The van der Waals surface area contributed by atoms with Crippen LogP contribution in [0, 0.1) is 0 Å². The summed E-state index contributed by atoms with van der Waals surface area (Å²) in [7, 11) is 1.50. The number of rotatable bonds is 4. The summed E-state index contributed by atoms with van der Waals surface area (Å²) >= 11 is 0. The molecule has 5 heteroatoms. The Bertz CT molecular complexity index is 310. The molecule has 0 aliphatic rings. The van der Waals surface area contributed by atoms with E-state index in [1.165, 1.54) is 7.11 Å². The van der Waals surface area contributed by atoms with Crippen molar-refractivity contribution >= 4 is 0 Å². The number of benzene rings is 1. The fourth-order valence-electron chi connectivity index (χ4n) is 1.05. The van der Waals surface area contributed by atoms with E-state index in [1.54, 1.807) is 24.3 Å². The predicted molar refractivity (Wildman–Crippen MR) is 48.7 cm³/mol. The Labute approximate surface area is 85.6 Å². The van der Waals surface area contributed by atoms with E-state index < -0.39 is 12.8 Å². The molecule has 0 heterocycles. The van der Waals surface area contributed by atoms with Crippen molar-refractivity contribution in [3.63, 3.8) is 0 Å². The first kappa shape index (κ1) is 11.8. The normalized spacial score (nSPS) is 11.5. The molecule has 1 aromatic carbocycles. The Morgan fingerprint density at radius 2 is 2.00 bits per heavy atom. The second-order valence-corrected chi connectivity index (χ2v) is 2.96. The van der Waals surface area contributed by atoms with Crippen LogP contribution in [0.3, 0.4) is 0 Å². The Morgan fingerprint density at radius 1 is 1.27 bits per heavy atom. The third kappa shape index (κ3) is 4.69. The summed E-state index contributed by atoms with van der Waals surface area (Å²) in [4.78, 5) is 0. The van der Waals surface area contributed by atoms with Gasteiger partial charge < -0.3 is 9.47 Å². The van der Waals surface area contributed by atoms with Crippen LogP contribution in [0.25, 0.3) is 0 Å². The first-order chi connectivity index (χ1) is 7.01. The summed E-state index contributed by atoms with van der Waals surface area (Å²) < 4.78 is 44.7. The maximum Gasteiger partial charge on any atom is 0.411 e. The number of alkyl halides is 3. The van der Waals surface area contributed by atoms with E-state index in [9.17, 15) is 13.2 Å². The van der Waals surface area contributed by atoms with Gasteiger partial charge in [-0.3, -0.25) is 0 Å². The van der Waals surface area contributed by atoms with Crippen molar-refractivity contribution in [2.45, 2.75) is 12.8 Å². The molecular weight excluding hydrogens is 209 g/mol. The average Bonchev–Trinajstić information content (AvgIpc) is 2.16. The second kappa shape index (κ2) is 5.02. The molecule has 0 aliphatic heterocycles. The van der Waals surface area contributed by atoms with Crippen molar-refractivity contribution in [2.24, 2.45) is 0 Å². The van der Waals surface area contributed by atoms with Crippen LogP contribution in [0.15, 0.2) is 24.3 Å². The Balaban J connectivity index is 2.44. The fraction of sp³-hybridized carbons (Fsp3) is 0.400. The summed E-state index contributed by atoms with van der Waals surface area (Å²) in [6.07, 6.45) is -4.28. The Hall–Kier alpha value is -1.23. The van der Waals surface area contributed by atoms with Gasteiger partial charge in [0.2, 0.25) is 0 Å². The fourth-order valence-corrected chi connectivity index (χ4v) is 1.05. The number of ether oxygens (including phenoxy) is 2. The highest BCUT2D eigenvalue weighted by atomic mass is 19.4. The van der Waals surface area contributed by atoms with Crippen LogP contribution in [-0.4, -0.2) is 19.9 Å². The number of hydrogen-bond acceptors (Lipinski definition) is 2. The molecule has 0 atom stereocenters. The van der Waals surface area contributed by atoms with Gasteiger partial charge in [-0.05, 0) is 17.7 Å². The molecule has 0 aromatic heterocycles. The SMILES string of the molecule is COc1cccc(COCC(F)(F)F)c1. The van der Waals surface area contributed by atoms with Crippen LogP contribution < -0.4 is 4.74 Å². The van der Waals surface area contributed by atoms with Crippen LogP contribution in [0.5, 0.6) is 5.75 Å². The molecule has 0 spiro atoms. The van der Waals surface area contributed by atoms with Crippen molar-refractivity contribution in [3.05, 3.63) is 29.8 Å². The molecule has 0 saturated heterocycles. The third-order valence-corrected chi connectivity index (χ3v) is 1.67. The van der Waals surface area contributed by atoms with E-state index in [4.69, 9.17) is 4.74 Å². The van der Waals surface area contributed by atoms with Crippen LogP contribution >= 0.6 is 0 Å². The zero-order chi connectivity index (χ0) is 11.3. The Morgan fingerprint density at radius 3 is 2.60 bits per heavy atom. The standard InChI is InChI=1S/C10H11F3O2/c1-14-9-4-2-3-8(5-9)6-15-7-10(11,12)13/h2-5H,6-7H2,1H3. The lowest BCUT2D eigenvalue weighted by atomic mass is 10.2. The van der Waals surface area contributed by atoms with Crippen LogP contribution in [0.1, 0.15) is 5.56 Å². The summed E-state index contributed by atoms with van der Waals surface area (Å²) in [5.74, 6) is 0.600. The van der Waals surface area contributed by atoms with Gasteiger partial charge in [-0.15, -0.1) is 0 Å². The van der Waals surface area contributed by atoms with Crippen molar-refractivity contribution in [1.82, 2.24) is 0 Å². The predicted octanol–water partition coefficient (Wildman–Crippen LogP) is 2.77. The van der Waals surface area contributed by atoms with Crippen molar-refractivity contribution in [1.29, 1.82) is 0 Å². The van der Waals surface area contributed by atoms with Gasteiger partial charge in [0.25, 0.3) is 0 Å². The molecular formula is C10H11F3O2. The molecule has 15 heavy (non-hydrogen) atoms. The van der Waals surface area contributed by atoms with Gasteiger partial charge in [-0.25, -0.2) is 0 Å². The minimum absolute atomic E-state index is 0.0727. The molecule has 0 N–H and O–H groups in total. The number of halogens is 3. The quantitative estimate of drug-likeness (QED) is 0.776. The van der Waals surface area contributed by atoms with E-state index in [2.05, 4.69) is 4.74 Å². The number of methoxy groups -OCH3 is 1. The minimum atomic E-state index is -4.28. The Kier molecular flexibility index (Phi) is 3.96. The molecule has 0 radical (unpaired) electrons. The van der Waals surface area contributed by atoms with E-state index in [0.717, 1.165) is 0 Å². The molecule has 0 fully saturated rings. The summed E-state index contributed by atoms with van der Waals surface area (Å²) in [6, 6.07) is 6.73. The summed E-state index contributed by atoms with van der Waals surface area (Å²) in [5, 5.41) is 0. The van der Waals surface area contributed by atoms with Crippen molar-refractivity contribution in [3.8, 4) is 5.75 Å². The van der Waals surface area contributed by atoms with E-state index in [0.29, 0.717) is 11.3 Å². The van der Waals surface area contributed by atoms with Crippen LogP contribution in [0.2, 0.25) is 0 Å². The smallest absolute Gasteiger partial charge is 0.411 e. The highest BCUT2D eigenvalue weighted by Crippen LogP contribution is 2.17. The van der Waals surface area contributed by atoms with E-state index >= 15 is 0 Å². The van der Waals surface area contributed by atoms with Gasteiger partial charge in [0.05, 0.1) is 13.7 Å². The van der Waals surface area contributed by atoms with Gasteiger partial charge in [0.1, 0.15) is 12.4 Å². The van der Waals surface area contributed by atoms with Gasteiger partial charge in [-0.1, -0.05) is 12.1 Å². The van der Waals surface area contributed by atoms with Gasteiger partial charge in [0.15, 0.2) is 0 Å². The molecule has 0 saturated carbocycles. The molecule has 0 unspecified atom stereocenters. The van der Waals surface area contributed by atoms with Gasteiger partial charge in [-0.2, -0.15) is 13.2 Å².